The van der Waals surface area contributed by atoms with Gasteiger partial charge in [-0.15, -0.1) is 0 Å². The molecule has 3 heterocycles. The quantitative estimate of drug-likeness (QED) is 0.220. The Balaban J connectivity index is 1.43. The highest BCUT2D eigenvalue weighted by Crippen LogP contribution is 2.54. The first-order chi connectivity index (χ1) is 20.7. The zero-order valence-corrected chi connectivity index (χ0v) is 25.2. The van der Waals surface area contributed by atoms with E-state index in [9.17, 15) is 24.3 Å². The lowest BCUT2D eigenvalue weighted by Crippen LogP contribution is -2.33. The lowest BCUT2D eigenvalue weighted by molar-refractivity contribution is -0.122. The number of amides is 3. The molecule has 0 aliphatic carbocycles. The lowest BCUT2D eigenvalue weighted by Gasteiger charge is -2.31. The number of hydrogen-bond donors (Lipinski definition) is 2. The number of aromatic nitrogens is 1. The third-order valence-corrected chi connectivity index (χ3v) is 10.2. The molecule has 4 aromatic rings. The van der Waals surface area contributed by atoms with Gasteiger partial charge in [0.15, 0.2) is 11.5 Å². The highest BCUT2D eigenvalue weighted by atomic mass is 35.5. The van der Waals surface area contributed by atoms with Gasteiger partial charge in [0, 0.05) is 21.5 Å². The number of nitrogens with zero attached hydrogens (tertiary/aromatic N) is 2. The molecule has 1 fully saturated rings. The zero-order valence-electron chi connectivity index (χ0n) is 22.8. The number of thioether (sulfide) groups is 1. The monoisotopic (exact) mass is 637 g/mol. The maximum atomic E-state index is 14.0. The van der Waals surface area contributed by atoms with E-state index in [1.807, 2.05) is 0 Å². The van der Waals surface area contributed by atoms with Crippen molar-refractivity contribution in [2.45, 2.75) is 22.7 Å². The molecule has 6 rings (SSSR count). The second-order valence-corrected chi connectivity index (χ2v) is 12.4. The summed E-state index contributed by atoms with van der Waals surface area (Å²) in [6.07, 6.45) is 0. The first-order valence-electron chi connectivity index (χ1n) is 13.0. The van der Waals surface area contributed by atoms with Crippen molar-refractivity contribution in [3.8, 4) is 17.2 Å². The number of imide groups is 1. The molecular weight excluding hydrogens is 614 g/mol. The number of ether oxygens (including phenoxy) is 2. The fraction of sp³-hybridized carbons (Fsp3) is 0.200. The van der Waals surface area contributed by atoms with Gasteiger partial charge in [-0.3, -0.25) is 23.7 Å². The Morgan fingerprint density at radius 2 is 1.65 bits per heavy atom. The number of phenolic OH excluding ortho intramolecular Hbond substituents is 1. The fourth-order valence-corrected chi connectivity index (χ4v) is 8.29. The SMILES string of the molecule is COc1ccc(C2c3sc(=O)n(CC(=O)Nc4ccc(O)cc4)c3SC3C(=O)N(c4ccc(Cl)cc4)C(=O)C32)cc1OC. The summed E-state index contributed by atoms with van der Waals surface area (Å²) >= 11 is 8.13. The Kier molecular flexibility index (Phi) is 7.67. The Labute approximate surface area is 258 Å². The van der Waals surface area contributed by atoms with Crippen LogP contribution in [0.25, 0.3) is 0 Å². The van der Waals surface area contributed by atoms with Crippen LogP contribution in [0.1, 0.15) is 16.4 Å². The van der Waals surface area contributed by atoms with Gasteiger partial charge in [0.25, 0.3) is 0 Å². The number of carbonyl (C=O) groups is 3. The number of carbonyl (C=O) groups excluding carboxylic acids is 3. The lowest BCUT2D eigenvalue weighted by atomic mass is 9.83. The molecule has 3 aromatic carbocycles. The second-order valence-electron chi connectivity index (χ2n) is 9.86. The first kappa shape index (κ1) is 28.8. The van der Waals surface area contributed by atoms with Crippen molar-refractivity contribution < 1.29 is 29.0 Å². The van der Waals surface area contributed by atoms with Crippen LogP contribution in [-0.2, 0) is 20.9 Å². The van der Waals surface area contributed by atoms with Crippen LogP contribution in [0.5, 0.6) is 17.2 Å². The Bertz CT molecular complexity index is 1800. The summed E-state index contributed by atoms with van der Waals surface area (Å²) in [5.74, 6) is -1.80. The predicted octanol–water partition coefficient (Wildman–Crippen LogP) is 4.72. The maximum absolute atomic E-state index is 14.0. The summed E-state index contributed by atoms with van der Waals surface area (Å²) in [6, 6.07) is 17.7. The summed E-state index contributed by atoms with van der Waals surface area (Å²) in [4.78, 5) is 55.7. The van der Waals surface area contributed by atoms with Crippen molar-refractivity contribution in [2.75, 3.05) is 24.4 Å². The van der Waals surface area contributed by atoms with Gasteiger partial charge in [-0.1, -0.05) is 40.8 Å². The van der Waals surface area contributed by atoms with Gasteiger partial charge in [-0.25, -0.2) is 4.90 Å². The number of benzene rings is 3. The number of halogens is 1. The van der Waals surface area contributed by atoms with Crippen molar-refractivity contribution in [3.05, 3.63) is 91.9 Å². The van der Waals surface area contributed by atoms with Crippen LogP contribution in [0.3, 0.4) is 0 Å². The number of rotatable bonds is 7. The molecule has 0 bridgehead atoms. The summed E-state index contributed by atoms with van der Waals surface area (Å²) in [5.41, 5.74) is 1.51. The van der Waals surface area contributed by atoms with Crippen LogP contribution in [-0.4, -0.2) is 46.9 Å². The Hall–Kier alpha value is -4.26. The van der Waals surface area contributed by atoms with E-state index in [-0.39, 0.29) is 12.3 Å². The minimum Gasteiger partial charge on any atom is -0.508 e. The van der Waals surface area contributed by atoms with Gasteiger partial charge in [0.1, 0.15) is 17.5 Å². The molecule has 10 nitrogen and oxygen atoms in total. The molecule has 3 atom stereocenters. The van der Waals surface area contributed by atoms with Crippen LogP contribution < -0.4 is 24.6 Å². The van der Waals surface area contributed by atoms with Gasteiger partial charge in [0.05, 0.1) is 30.9 Å². The third kappa shape index (κ3) is 5.15. The van der Waals surface area contributed by atoms with Gasteiger partial charge >= 0.3 is 4.87 Å². The summed E-state index contributed by atoms with van der Waals surface area (Å²) in [7, 11) is 3.02. The second kappa shape index (κ2) is 11.4. The minimum absolute atomic E-state index is 0.0525. The van der Waals surface area contributed by atoms with Crippen LogP contribution in [0.2, 0.25) is 5.02 Å². The molecular formula is C30H24ClN3O7S2. The number of methoxy groups -OCH3 is 2. The molecule has 3 amide bonds. The number of phenols is 1. The standard InChI is InChI=1S/C30H24ClN3O7S2/c1-40-20-12-3-15(13-21(20)41-2)23-24-25(28(38)34(27(24)37)18-8-4-16(31)5-9-18)42-29-26(23)43-30(39)33(29)14-22(36)32-17-6-10-19(35)11-7-17/h3-13,23-25,35H,14H2,1-2H3,(H,32,36). The summed E-state index contributed by atoms with van der Waals surface area (Å²) in [6.45, 7) is -0.308. The molecule has 2 N–H and O–H groups in total. The van der Waals surface area contributed by atoms with Crippen molar-refractivity contribution in [1.82, 2.24) is 4.57 Å². The average molecular weight is 638 g/mol. The zero-order chi connectivity index (χ0) is 30.4. The van der Waals surface area contributed by atoms with Crippen LogP contribution in [0.4, 0.5) is 11.4 Å². The molecule has 13 heteroatoms. The largest absolute Gasteiger partial charge is 0.508 e. The molecule has 220 valence electrons. The van der Waals surface area contributed by atoms with Crippen LogP contribution in [0, 0.1) is 5.92 Å². The van der Waals surface area contributed by atoms with Crippen molar-refractivity contribution >= 4 is 63.8 Å². The van der Waals surface area contributed by atoms with E-state index in [0.717, 1.165) is 23.1 Å². The van der Waals surface area contributed by atoms with E-state index < -0.39 is 39.7 Å². The van der Waals surface area contributed by atoms with Gasteiger partial charge < -0.3 is 19.9 Å². The molecule has 2 aliphatic heterocycles. The molecule has 0 spiro atoms. The molecule has 0 radical (unpaired) electrons. The molecule has 43 heavy (non-hydrogen) atoms. The molecule has 2 aliphatic rings. The van der Waals surface area contributed by atoms with Gasteiger partial charge in [-0.05, 0) is 66.2 Å². The number of hydrogen-bond acceptors (Lipinski definition) is 9. The number of anilines is 2. The van der Waals surface area contributed by atoms with Gasteiger partial charge in [0.2, 0.25) is 17.7 Å². The van der Waals surface area contributed by atoms with E-state index in [0.29, 0.717) is 43.4 Å². The normalized spacial score (nSPS) is 19.1. The molecule has 1 aromatic heterocycles. The number of aromatic hydroxyl groups is 1. The molecule has 1 saturated heterocycles. The number of fused-ring (bicyclic) bond motifs is 2. The predicted molar refractivity (Wildman–Crippen MR) is 164 cm³/mol. The summed E-state index contributed by atoms with van der Waals surface area (Å²) < 4.78 is 12.3. The highest BCUT2D eigenvalue weighted by molar-refractivity contribution is 8.00. The van der Waals surface area contributed by atoms with Gasteiger partial charge in [-0.2, -0.15) is 0 Å². The van der Waals surface area contributed by atoms with Crippen molar-refractivity contribution in [3.63, 3.8) is 0 Å². The topological polar surface area (TPSA) is 127 Å². The Morgan fingerprint density at radius 3 is 2.33 bits per heavy atom. The van der Waals surface area contributed by atoms with Crippen LogP contribution in [0.15, 0.2) is 76.6 Å². The van der Waals surface area contributed by atoms with E-state index in [4.69, 9.17) is 21.1 Å². The van der Waals surface area contributed by atoms with Crippen LogP contribution >= 0.6 is 34.7 Å². The number of nitrogens with one attached hydrogen (secondary N) is 1. The third-order valence-electron chi connectivity index (χ3n) is 7.35. The van der Waals surface area contributed by atoms with E-state index in [2.05, 4.69) is 5.32 Å². The fourth-order valence-electron chi connectivity index (χ4n) is 5.39. The molecule has 3 unspecified atom stereocenters. The van der Waals surface area contributed by atoms with Crippen molar-refractivity contribution in [2.24, 2.45) is 5.92 Å². The van der Waals surface area contributed by atoms with E-state index in [1.54, 1.807) is 54.6 Å². The summed E-state index contributed by atoms with van der Waals surface area (Å²) in [5, 5.41) is 12.3. The minimum atomic E-state index is -0.853. The average Bonchev–Trinajstić information content (AvgIpc) is 3.44. The maximum Gasteiger partial charge on any atom is 0.308 e. The van der Waals surface area contributed by atoms with Crippen molar-refractivity contribution in [1.29, 1.82) is 0 Å². The Morgan fingerprint density at radius 1 is 0.953 bits per heavy atom. The molecule has 0 saturated carbocycles. The van der Waals surface area contributed by atoms with E-state index in [1.165, 1.54) is 35.8 Å². The van der Waals surface area contributed by atoms with E-state index >= 15 is 0 Å². The highest BCUT2D eigenvalue weighted by Gasteiger charge is 2.57. The number of thiazole rings is 1. The first-order valence-corrected chi connectivity index (χ1v) is 15.1. The smallest absolute Gasteiger partial charge is 0.308 e.